The summed E-state index contributed by atoms with van der Waals surface area (Å²) in [6.45, 7) is 10.5. The maximum Gasteiger partial charge on any atom is 0.223 e. The summed E-state index contributed by atoms with van der Waals surface area (Å²) in [5.74, 6) is 0.250. The van der Waals surface area contributed by atoms with Gasteiger partial charge in [-0.25, -0.2) is 0 Å². The zero-order valence-corrected chi connectivity index (χ0v) is 13.0. The van der Waals surface area contributed by atoms with Gasteiger partial charge in [-0.15, -0.1) is 0 Å². The Labute approximate surface area is 121 Å². The Balaban J connectivity index is 2.00. The van der Waals surface area contributed by atoms with Gasteiger partial charge < -0.3 is 9.64 Å². The fourth-order valence-electron chi connectivity index (χ4n) is 3.08. The Bertz CT molecular complexity index is 473. The van der Waals surface area contributed by atoms with Crippen LogP contribution in [0.3, 0.4) is 0 Å². The monoisotopic (exact) mass is 275 g/mol. The lowest BCUT2D eigenvalue weighted by Gasteiger charge is -2.33. The molecule has 1 amide bonds. The number of aryl methyl sites for hydroxylation is 3. The molecule has 1 heterocycles. The third-order valence-electron chi connectivity index (χ3n) is 4.12. The molecule has 1 aromatic rings. The van der Waals surface area contributed by atoms with Gasteiger partial charge in [0, 0.05) is 13.0 Å². The van der Waals surface area contributed by atoms with Gasteiger partial charge in [0.2, 0.25) is 5.91 Å². The van der Waals surface area contributed by atoms with Crippen LogP contribution in [0.15, 0.2) is 12.1 Å². The lowest BCUT2D eigenvalue weighted by Crippen LogP contribution is -2.47. The molecule has 0 radical (unpaired) electrons. The highest BCUT2D eigenvalue weighted by atomic mass is 16.5. The van der Waals surface area contributed by atoms with Gasteiger partial charge in [-0.1, -0.05) is 17.7 Å². The molecular formula is C17H25NO2. The predicted octanol–water partition coefficient (Wildman–Crippen LogP) is 2.79. The standard InChI is InChI=1S/C17H25NO2/c1-12-9-13(2)16(14(3)10-12)5-6-17(19)18-7-8-20-11-15(18)4/h9-10,15H,5-8,11H2,1-4H3/t15-/m0/s1. The number of amides is 1. The van der Waals surface area contributed by atoms with E-state index in [0.29, 0.717) is 19.6 Å². The zero-order chi connectivity index (χ0) is 14.7. The number of nitrogens with zero attached hydrogens (tertiary/aromatic N) is 1. The van der Waals surface area contributed by atoms with Crippen LogP contribution in [-0.2, 0) is 16.0 Å². The molecule has 110 valence electrons. The average Bonchev–Trinajstić information content (AvgIpc) is 2.37. The number of benzene rings is 1. The van der Waals surface area contributed by atoms with E-state index in [-0.39, 0.29) is 11.9 Å². The summed E-state index contributed by atoms with van der Waals surface area (Å²) in [6, 6.07) is 4.60. The summed E-state index contributed by atoms with van der Waals surface area (Å²) in [7, 11) is 0. The van der Waals surface area contributed by atoms with Crippen LogP contribution in [0.1, 0.15) is 35.6 Å². The number of ether oxygens (including phenoxy) is 1. The van der Waals surface area contributed by atoms with Crippen LogP contribution >= 0.6 is 0 Å². The molecule has 1 aromatic carbocycles. The first kappa shape index (κ1) is 15.0. The molecule has 0 saturated carbocycles. The van der Waals surface area contributed by atoms with E-state index in [1.54, 1.807) is 0 Å². The van der Waals surface area contributed by atoms with Gasteiger partial charge in [0.1, 0.15) is 0 Å². The first-order chi connectivity index (χ1) is 9.49. The minimum absolute atomic E-state index is 0.205. The quantitative estimate of drug-likeness (QED) is 0.849. The maximum atomic E-state index is 12.3. The Morgan fingerprint density at radius 1 is 1.30 bits per heavy atom. The lowest BCUT2D eigenvalue weighted by molar-refractivity contribution is -0.139. The summed E-state index contributed by atoms with van der Waals surface area (Å²) in [5, 5.41) is 0. The fraction of sp³-hybridized carbons (Fsp3) is 0.588. The van der Waals surface area contributed by atoms with Crippen molar-refractivity contribution in [3.8, 4) is 0 Å². The number of carbonyl (C=O) groups excluding carboxylic acids is 1. The minimum Gasteiger partial charge on any atom is -0.377 e. The van der Waals surface area contributed by atoms with Crippen molar-refractivity contribution in [1.82, 2.24) is 4.90 Å². The maximum absolute atomic E-state index is 12.3. The number of hydrogen-bond acceptors (Lipinski definition) is 2. The molecule has 2 rings (SSSR count). The number of hydrogen-bond donors (Lipinski definition) is 0. The Kier molecular flexibility index (Phi) is 4.81. The molecular weight excluding hydrogens is 250 g/mol. The molecule has 20 heavy (non-hydrogen) atoms. The Morgan fingerprint density at radius 3 is 2.55 bits per heavy atom. The van der Waals surface area contributed by atoms with Crippen LogP contribution in [0.5, 0.6) is 0 Å². The van der Waals surface area contributed by atoms with Gasteiger partial charge in [0.25, 0.3) is 0 Å². The van der Waals surface area contributed by atoms with Crippen molar-refractivity contribution < 1.29 is 9.53 Å². The van der Waals surface area contributed by atoms with E-state index in [1.165, 1.54) is 22.3 Å². The molecule has 1 aliphatic heterocycles. The first-order valence-electron chi connectivity index (χ1n) is 7.43. The second kappa shape index (κ2) is 6.40. The molecule has 1 saturated heterocycles. The molecule has 1 aliphatic rings. The molecule has 3 nitrogen and oxygen atoms in total. The normalized spacial score (nSPS) is 19.2. The Hall–Kier alpha value is -1.35. The highest BCUT2D eigenvalue weighted by Gasteiger charge is 2.23. The van der Waals surface area contributed by atoms with Gasteiger partial charge in [-0.2, -0.15) is 0 Å². The minimum atomic E-state index is 0.205. The van der Waals surface area contributed by atoms with Gasteiger partial charge in [-0.3, -0.25) is 4.79 Å². The molecule has 0 aliphatic carbocycles. The van der Waals surface area contributed by atoms with Crippen molar-refractivity contribution >= 4 is 5.91 Å². The van der Waals surface area contributed by atoms with Crippen molar-refractivity contribution in [2.75, 3.05) is 19.8 Å². The van der Waals surface area contributed by atoms with Crippen molar-refractivity contribution in [2.45, 2.75) is 46.6 Å². The second-order valence-corrected chi connectivity index (χ2v) is 5.89. The fourth-order valence-corrected chi connectivity index (χ4v) is 3.08. The van der Waals surface area contributed by atoms with Crippen LogP contribution < -0.4 is 0 Å². The molecule has 0 unspecified atom stereocenters. The predicted molar refractivity (Wildman–Crippen MR) is 81.0 cm³/mol. The summed E-state index contributed by atoms with van der Waals surface area (Å²) in [4.78, 5) is 14.3. The molecule has 1 atom stereocenters. The van der Waals surface area contributed by atoms with Crippen molar-refractivity contribution in [3.05, 3.63) is 34.4 Å². The molecule has 0 spiro atoms. The van der Waals surface area contributed by atoms with Gasteiger partial charge >= 0.3 is 0 Å². The van der Waals surface area contributed by atoms with Crippen molar-refractivity contribution in [2.24, 2.45) is 0 Å². The van der Waals surface area contributed by atoms with Crippen LogP contribution in [0, 0.1) is 20.8 Å². The summed E-state index contributed by atoms with van der Waals surface area (Å²) in [6.07, 6.45) is 1.43. The summed E-state index contributed by atoms with van der Waals surface area (Å²) >= 11 is 0. The third-order valence-corrected chi connectivity index (χ3v) is 4.12. The summed E-state index contributed by atoms with van der Waals surface area (Å²) < 4.78 is 5.38. The van der Waals surface area contributed by atoms with Crippen LogP contribution in [0.4, 0.5) is 0 Å². The molecule has 3 heteroatoms. The largest absolute Gasteiger partial charge is 0.377 e. The molecule has 0 bridgehead atoms. The number of carbonyl (C=O) groups is 1. The van der Waals surface area contributed by atoms with Crippen molar-refractivity contribution in [1.29, 1.82) is 0 Å². The highest BCUT2D eigenvalue weighted by molar-refractivity contribution is 5.77. The van der Waals surface area contributed by atoms with Crippen molar-refractivity contribution in [3.63, 3.8) is 0 Å². The molecule has 0 aromatic heterocycles. The second-order valence-electron chi connectivity index (χ2n) is 5.89. The Morgan fingerprint density at radius 2 is 1.95 bits per heavy atom. The summed E-state index contributed by atoms with van der Waals surface area (Å²) in [5.41, 5.74) is 5.21. The molecule has 0 N–H and O–H groups in total. The smallest absolute Gasteiger partial charge is 0.223 e. The van der Waals surface area contributed by atoms with E-state index in [1.807, 2.05) is 4.90 Å². The van der Waals surface area contributed by atoms with E-state index in [0.717, 1.165) is 13.0 Å². The number of morpholine rings is 1. The van der Waals surface area contributed by atoms with E-state index >= 15 is 0 Å². The lowest BCUT2D eigenvalue weighted by atomic mass is 9.96. The highest BCUT2D eigenvalue weighted by Crippen LogP contribution is 2.19. The zero-order valence-electron chi connectivity index (χ0n) is 13.0. The van der Waals surface area contributed by atoms with Gasteiger partial charge in [-0.05, 0) is 50.8 Å². The van der Waals surface area contributed by atoms with E-state index in [2.05, 4.69) is 39.8 Å². The topological polar surface area (TPSA) is 29.5 Å². The SMILES string of the molecule is Cc1cc(C)c(CCC(=O)N2CCOC[C@@H]2C)c(C)c1. The van der Waals surface area contributed by atoms with E-state index in [4.69, 9.17) is 4.74 Å². The van der Waals surface area contributed by atoms with Gasteiger partial charge in [0.05, 0.1) is 19.3 Å². The van der Waals surface area contributed by atoms with Crippen LogP contribution in [0.2, 0.25) is 0 Å². The van der Waals surface area contributed by atoms with Crippen LogP contribution in [-0.4, -0.2) is 36.6 Å². The van der Waals surface area contributed by atoms with E-state index in [9.17, 15) is 4.79 Å². The number of rotatable bonds is 3. The molecule has 1 fully saturated rings. The third kappa shape index (κ3) is 3.40. The average molecular weight is 275 g/mol. The van der Waals surface area contributed by atoms with E-state index < -0.39 is 0 Å². The van der Waals surface area contributed by atoms with Gasteiger partial charge in [0.15, 0.2) is 0 Å². The van der Waals surface area contributed by atoms with Crippen LogP contribution in [0.25, 0.3) is 0 Å². The first-order valence-corrected chi connectivity index (χ1v) is 7.43.